The van der Waals surface area contributed by atoms with Crippen LogP contribution < -0.4 is 4.74 Å². The number of pyridine rings is 1. The molecule has 0 saturated carbocycles. The van der Waals surface area contributed by atoms with Crippen LogP contribution in [-0.2, 0) is 17.9 Å². The van der Waals surface area contributed by atoms with Crippen molar-refractivity contribution in [3.05, 3.63) is 98.6 Å². The van der Waals surface area contributed by atoms with Gasteiger partial charge in [0.15, 0.2) is 0 Å². The molecule has 0 atom stereocenters. The molecular weight excluding hydrogens is 471 g/mol. The second kappa shape index (κ2) is 9.83. The molecule has 0 unspecified atom stereocenters. The van der Waals surface area contributed by atoms with Crippen LogP contribution in [0.25, 0.3) is 6.08 Å². The molecule has 1 aliphatic rings. The highest BCUT2D eigenvalue weighted by atomic mass is 35.5. The Morgan fingerprint density at radius 3 is 2.58 bits per heavy atom. The Bertz CT molecular complexity index is 1150. The highest BCUT2D eigenvalue weighted by molar-refractivity contribution is 8.26. The van der Waals surface area contributed by atoms with Gasteiger partial charge in [0.05, 0.1) is 21.5 Å². The fraction of sp³-hybridized carbons (Fsp3) is 0.0870. The van der Waals surface area contributed by atoms with E-state index in [0.29, 0.717) is 38.2 Å². The summed E-state index contributed by atoms with van der Waals surface area (Å²) in [5.41, 5.74) is 2.75. The minimum atomic E-state index is -0.0983. The van der Waals surface area contributed by atoms with Crippen LogP contribution in [0.4, 0.5) is 0 Å². The molecule has 4 nitrogen and oxygen atoms in total. The summed E-state index contributed by atoms with van der Waals surface area (Å²) in [6.07, 6.45) is 5.27. The molecule has 0 spiro atoms. The summed E-state index contributed by atoms with van der Waals surface area (Å²) >= 11 is 18.7. The highest BCUT2D eigenvalue weighted by Crippen LogP contribution is 2.33. The third-order valence-corrected chi connectivity index (χ3v) is 6.62. The largest absolute Gasteiger partial charge is 0.489 e. The quantitative estimate of drug-likeness (QED) is 0.299. The fourth-order valence-corrected chi connectivity index (χ4v) is 4.49. The van der Waals surface area contributed by atoms with Gasteiger partial charge in [0, 0.05) is 12.4 Å². The Kier molecular flexibility index (Phi) is 6.92. The van der Waals surface area contributed by atoms with Crippen molar-refractivity contribution in [2.45, 2.75) is 13.2 Å². The lowest BCUT2D eigenvalue weighted by Gasteiger charge is -2.13. The van der Waals surface area contributed by atoms with Gasteiger partial charge in [-0.05, 0) is 53.1 Å². The highest BCUT2D eigenvalue weighted by Gasteiger charge is 2.31. The zero-order valence-corrected chi connectivity index (χ0v) is 19.3. The molecule has 0 aliphatic carbocycles. The standard InChI is InChI=1S/C23H16Cl2N2O2S2/c24-19-8-5-16(10-20(19)25)14-29-18-6-3-15(4-7-18)11-21-22(28)27(23(30)31-21)13-17-2-1-9-26-12-17/h1-12H,13-14H2/b21-11-. The first kappa shape index (κ1) is 21.8. The maximum Gasteiger partial charge on any atom is 0.266 e. The first-order chi connectivity index (χ1) is 15.0. The fourth-order valence-electron chi connectivity index (χ4n) is 2.92. The topological polar surface area (TPSA) is 42.4 Å². The maximum absolute atomic E-state index is 12.8. The molecular formula is C23H16Cl2N2O2S2. The lowest BCUT2D eigenvalue weighted by Crippen LogP contribution is -2.27. The number of benzene rings is 2. The van der Waals surface area contributed by atoms with E-state index in [0.717, 1.165) is 16.7 Å². The van der Waals surface area contributed by atoms with E-state index in [4.69, 9.17) is 40.2 Å². The number of thioether (sulfide) groups is 1. The average Bonchev–Trinajstić information content (AvgIpc) is 3.03. The van der Waals surface area contributed by atoms with Crippen LogP contribution in [0.3, 0.4) is 0 Å². The average molecular weight is 487 g/mol. The van der Waals surface area contributed by atoms with Crippen molar-refractivity contribution in [2.75, 3.05) is 0 Å². The number of hydrogen-bond donors (Lipinski definition) is 0. The van der Waals surface area contributed by atoms with Crippen molar-refractivity contribution < 1.29 is 9.53 Å². The minimum Gasteiger partial charge on any atom is -0.489 e. The number of rotatable bonds is 6. The molecule has 1 saturated heterocycles. The summed E-state index contributed by atoms with van der Waals surface area (Å²) in [6.45, 7) is 0.792. The van der Waals surface area contributed by atoms with Crippen LogP contribution in [0, 0.1) is 0 Å². The molecule has 4 rings (SSSR count). The molecule has 0 radical (unpaired) electrons. The van der Waals surface area contributed by atoms with Gasteiger partial charge in [-0.15, -0.1) is 0 Å². The van der Waals surface area contributed by atoms with Crippen molar-refractivity contribution in [1.82, 2.24) is 9.88 Å². The number of hydrogen-bond acceptors (Lipinski definition) is 5. The van der Waals surface area contributed by atoms with Crippen molar-refractivity contribution in [3.63, 3.8) is 0 Å². The van der Waals surface area contributed by atoms with E-state index in [1.54, 1.807) is 29.4 Å². The second-order valence-electron chi connectivity index (χ2n) is 6.74. The van der Waals surface area contributed by atoms with E-state index in [1.807, 2.05) is 48.5 Å². The van der Waals surface area contributed by atoms with Gasteiger partial charge < -0.3 is 4.74 Å². The summed E-state index contributed by atoms with van der Waals surface area (Å²) in [5.74, 6) is 0.617. The van der Waals surface area contributed by atoms with Crippen LogP contribution in [0.2, 0.25) is 10.0 Å². The van der Waals surface area contributed by atoms with Gasteiger partial charge in [-0.25, -0.2) is 0 Å². The van der Waals surface area contributed by atoms with Gasteiger partial charge in [0.25, 0.3) is 5.91 Å². The first-order valence-electron chi connectivity index (χ1n) is 9.30. The number of nitrogens with zero attached hydrogens (tertiary/aromatic N) is 2. The molecule has 0 N–H and O–H groups in total. The van der Waals surface area contributed by atoms with Gasteiger partial charge in [-0.2, -0.15) is 0 Å². The second-order valence-corrected chi connectivity index (χ2v) is 9.23. The van der Waals surface area contributed by atoms with E-state index < -0.39 is 0 Å². The zero-order chi connectivity index (χ0) is 21.8. The molecule has 8 heteroatoms. The maximum atomic E-state index is 12.8. The van der Waals surface area contributed by atoms with Gasteiger partial charge in [-0.1, -0.05) is 71.4 Å². The van der Waals surface area contributed by atoms with Gasteiger partial charge >= 0.3 is 0 Å². The molecule has 2 aromatic carbocycles. The summed E-state index contributed by atoms with van der Waals surface area (Å²) in [7, 11) is 0. The Morgan fingerprint density at radius 2 is 1.87 bits per heavy atom. The minimum absolute atomic E-state index is 0.0983. The lowest BCUT2D eigenvalue weighted by molar-refractivity contribution is -0.122. The van der Waals surface area contributed by atoms with Gasteiger partial charge in [0.1, 0.15) is 16.7 Å². The number of halogens is 2. The number of carbonyl (C=O) groups excluding carboxylic acids is 1. The molecule has 0 bridgehead atoms. The molecule has 1 amide bonds. The summed E-state index contributed by atoms with van der Waals surface area (Å²) < 4.78 is 6.35. The van der Waals surface area contributed by atoms with Gasteiger partial charge in [0.2, 0.25) is 0 Å². The Labute approximate surface area is 199 Å². The number of thiocarbonyl (C=S) groups is 1. The Balaban J connectivity index is 1.40. The molecule has 1 aromatic heterocycles. The van der Waals surface area contributed by atoms with Crippen molar-refractivity contribution in [3.8, 4) is 5.75 Å². The molecule has 1 aliphatic heterocycles. The van der Waals surface area contributed by atoms with Crippen LogP contribution in [0.15, 0.2) is 71.9 Å². The predicted molar refractivity (Wildman–Crippen MR) is 130 cm³/mol. The van der Waals surface area contributed by atoms with Crippen molar-refractivity contribution in [2.24, 2.45) is 0 Å². The third kappa shape index (κ3) is 5.46. The number of ether oxygens (including phenoxy) is 1. The van der Waals surface area contributed by atoms with Crippen LogP contribution in [0.5, 0.6) is 5.75 Å². The van der Waals surface area contributed by atoms with Crippen LogP contribution in [-0.4, -0.2) is 20.1 Å². The Morgan fingerprint density at radius 1 is 1.06 bits per heavy atom. The van der Waals surface area contributed by atoms with E-state index in [9.17, 15) is 4.79 Å². The van der Waals surface area contributed by atoms with E-state index in [1.165, 1.54) is 11.8 Å². The van der Waals surface area contributed by atoms with Crippen molar-refractivity contribution in [1.29, 1.82) is 0 Å². The van der Waals surface area contributed by atoms with Gasteiger partial charge in [-0.3, -0.25) is 14.7 Å². The van der Waals surface area contributed by atoms with Crippen molar-refractivity contribution >= 4 is 63.5 Å². The summed E-state index contributed by atoms with van der Waals surface area (Å²) in [6, 6.07) is 16.7. The summed E-state index contributed by atoms with van der Waals surface area (Å²) in [5, 5.41) is 1.01. The number of carbonyl (C=O) groups is 1. The van der Waals surface area contributed by atoms with Crippen LogP contribution >= 0.6 is 47.2 Å². The van der Waals surface area contributed by atoms with E-state index in [2.05, 4.69) is 4.98 Å². The number of aromatic nitrogens is 1. The monoisotopic (exact) mass is 486 g/mol. The normalized spacial score (nSPS) is 15.0. The van der Waals surface area contributed by atoms with Crippen LogP contribution in [0.1, 0.15) is 16.7 Å². The zero-order valence-electron chi connectivity index (χ0n) is 16.1. The lowest BCUT2D eigenvalue weighted by atomic mass is 10.2. The number of amides is 1. The third-order valence-electron chi connectivity index (χ3n) is 4.50. The molecule has 3 aromatic rings. The van der Waals surface area contributed by atoms with E-state index in [-0.39, 0.29) is 5.91 Å². The SMILES string of the molecule is O=C1/C(=C/c2ccc(OCc3ccc(Cl)c(Cl)c3)cc2)SC(=S)N1Cc1cccnc1. The first-order valence-corrected chi connectivity index (χ1v) is 11.3. The molecule has 1 fully saturated rings. The summed E-state index contributed by atoms with van der Waals surface area (Å²) in [4.78, 5) is 19.1. The Hall–Kier alpha value is -2.38. The molecule has 31 heavy (non-hydrogen) atoms. The predicted octanol–water partition coefficient (Wildman–Crippen LogP) is 6.37. The smallest absolute Gasteiger partial charge is 0.266 e. The molecule has 156 valence electrons. The van der Waals surface area contributed by atoms with E-state index >= 15 is 0 Å². The molecule has 2 heterocycles.